The molecular formula is C58H87N7O23S3. The number of aromatic carboxylic acids is 4. The van der Waals surface area contributed by atoms with Gasteiger partial charge in [-0.3, -0.25) is 14.4 Å². The van der Waals surface area contributed by atoms with Crippen molar-refractivity contribution in [2.24, 2.45) is 11.5 Å². The van der Waals surface area contributed by atoms with Crippen LogP contribution in [-0.2, 0) is 38.2 Å². The number of nitrogens with one attached hydrogen (secondary N) is 5. The second-order valence-corrected chi connectivity index (χ2v) is 19.3. The van der Waals surface area contributed by atoms with Gasteiger partial charge in [0.05, 0.1) is 0 Å². The van der Waals surface area contributed by atoms with Crippen molar-refractivity contribution in [3.8, 4) is 23.0 Å². The molecule has 510 valence electrons. The van der Waals surface area contributed by atoms with Crippen LogP contribution < -0.4 is 47.5 Å². The van der Waals surface area contributed by atoms with E-state index < -0.39 is 71.7 Å². The van der Waals surface area contributed by atoms with Crippen LogP contribution >= 0.6 is 37.9 Å². The van der Waals surface area contributed by atoms with Crippen molar-refractivity contribution in [2.75, 3.05) is 45.4 Å². The molecule has 0 aromatic heterocycles. The Morgan fingerprint density at radius 1 is 0.429 bits per heavy atom. The molecule has 4 aromatic carbocycles. The quantitative estimate of drug-likeness (QED) is 0.0413. The molecule has 0 aliphatic heterocycles. The zero-order chi connectivity index (χ0) is 71.1. The van der Waals surface area contributed by atoms with Crippen LogP contribution in [0.15, 0.2) is 97.1 Å². The lowest BCUT2D eigenvalue weighted by Crippen LogP contribution is -2.43. The highest BCUT2D eigenvalue weighted by Gasteiger charge is 2.24. The highest BCUT2D eigenvalue weighted by atomic mass is 32.1. The molecule has 0 bridgehead atoms. The third-order valence-corrected chi connectivity index (χ3v) is 9.77. The molecule has 0 aliphatic rings. The lowest BCUT2D eigenvalue weighted by atomic mass is 10.2. The standard InChI is InChI=1S/2C12H13NO5S.2C7H6O3.2C6H13NO2.C5H9NO3S.2CH5N.CH4/c2*1-7(14)13-9(6-19)12(17)18-10-5-3-2-4-8(10)11(15)16;2*8-6-4-2-1-3-5(6)7(9)10;2*1-6(2,3)9-5(8)7-4;1-3(7)6-4(2-10)5(8)9;2*1-2;/h2*2-5,9,19H,6H2,1H3,(H,13,14)(H,15,16);2*1-4,8H,(H,9,10);2*1-4H3,(H,7,8);4,10H,2H2,1H3,(H,6,7)(H,8,9);2*2H2,1H3;1H4. The molecule has 4 rings (SSSR count). The fourth-order valence-corrected chi connectivity index (χ4v) is 5.80. The summed E-state index contributed by atoms with van der Waals surface area (Å²) in [7, 11) is 6.07. The van der Waals surface area contributed by atoms with Gasteiger partial charge < -0.3 is 92.7 Å². The predicted octanol–water partition coefficient (Wildman–Crippen LogP) is 5.20. The molecule has 0 heterocycles. The Hall–Kier alpha value is -9.31. The number of aromatic hydroxyl groups is 2. The van der Waals surface area contributed by atoms with Gasteiger partial charge >= 0.3 is 54.0 Å². The summed E-state index contributed by atoms with van der Waals surface area (Å²) in [6.07, 6.45) is -0.773. The SMILES string of the molecule is C.CC(=O)NC(CS)C(=O)O.CC(=O)NC(CS)C(=O)Oc1ccccc1C(=O)O.CC(=O)NC(CS)C(=O)Oc1ccccc1C(=O)O.CN.CN.CNC(=O)OC(C)(C)C.CNC(=O)OC(C)(C)C.O=C(O)c1ccccc1O.O=C(O)c1ccccc1O. The van der Waals surface area contributed by atoms with E-state index >= 15 is 0 Å². The highest BCUT2D eigenvalue weighted by molar-refractivity contribution is 7.80. The lowest BCUT2D eigenvalue weighted by molar-refractivity contribution is -0.140. The number of alkyl carbamates (subject to hydrolysis) is 2. The van der Waals surface area contributed by atoms with E-state index in [1.807, 2.05) is 41.5 Å². The number of hydrogen-bond donors (Lipinski definition) is 17. The van der Waals surface area contributed by atoms with Crippen molar-refractivity contribution in [1.82, 2.24) is 26.6 Å². The number of aliphatic carboxylic acids is 1. The summed E-state index contributed by atoms with van der Waals surface area (Å²) in [5.74, 6) is -8.73. The van der Waals surface area contributed by atoms with Crippen LogP contribution in [0.2, 0.25) is 0 Å². The molecule has 0 aliphatic carbocycles. The summed E-state index contributed by atoms with van der Waals surface area (Å²) in [5, 5.41) is 72.5. The first kappa shape index (κ1) is 92.8. The van der Waals surface area contributed by atoms with E-state index in [0.717, 1.165) is 0 Å². The number of carbonyl (C=O) groups excluding carboxylic acids is 7. The van der Waals surface area contributed by atoms with Gasteiger partial charge in [0.1, 0.15) is 74.6 Å². The zero-order valence-corrected chi connectivity index (χ0v) is 54.4. The van der Waals surface area contributed by atoms with Gasteiger partial charge in [0, 0.05) is 52.1 Å². The molecular weight excluding hydrogens is 1260 g/mol. The summed E-state index contributed by atoms with van der Waals surface area (Å²) < 4.78 is 19.6. The van der Waals surface area contributed by atoms with E-state index in [4.69, 9.17) is 54.7 Å². The smallest absolute Gasteiger partial charge is 0.407 e. The van der Waals surface area contributed by atoms with Gasteiger partial charge in [0.2, 0.25) is 17.7 Å². The van der Waals surface area contributed by atoms with Crippen molar-refractivity contribution in [1.29, 1.82) is 0 Å². The molecule has 30 nitrogen and oxygen atoms in total. The van der Waals surface area contributed by atoms with E-state index in [9.17, 15) is 57.5 Å². The molecule has 0 fully saturated rings. The number of carboxylic acid groups (broad SMARTS) is 5. The number of hydrogen-bond acceptors (Lipinski definition) is 23. The average Bonchev–Trinajstić information content (AvgIpc) is 1.34. The highest BCUT2D eigenvalue weighted by Crippen LogP contribution is 2.20. The predicted molar refractivity (Wildman–Crippen MR) is 348 cm³/mol. The first-order chi connectivity index (χ1) is 41.8. The van der Waals surface area contributed by atoms with E-state index in [1.54, 1.807) is 36.4 Å². The summed E-state index contributed by atoms with van der Waals surface area (Å²) in [6.45, 7) is 14.7. The molecule has 0 spiro atoms. The molecule has 16 N–H and O–H groups in total. The van der Waals surface area contributed by atoms with Crippen molar-refractivity contribution >= 4 is 110 Å². The number of amides is 5. The lowest BCUT2D eigenvalue weighted by Gasteiger charge is -2.18. The van der Waals surface area contributed by atoms with Crippen LogP contribution in [-0.4, -0.2) is 182 Å². The molecule has 5 amide bonds. The molecule has 91 heavy (non-hydrogen) atoms. The maximum Gasteiger partial charge on any atom is 0.407 e. The Morgan fingerprint density at radius 3 is 0.824 bits per heavy atom. The normalized spacial score (nSPS) is 10.4. The Labute approximate surface area is 544 Å². The number of thiol groups is 3. The fraction of sp³-hybridized carbons (Fsp3) is 0.379. The minimum Gasteiger partial charge on any atom is -0.507 e. The maximum absolute atomic E-state index is 11.8. The van der Waals surface area contributed by atoms with Crippen molar-refractivity contribution < 1.29 is 112 Å². The van der Waals surface area contributed by atoms with Crippen LogP contribution in [0.3, 0.4) is 0 Å². The Bertz CT molecular complexity index is 2730. The third-order valence-electron chi connectivity index (χ3n) is 8.68. The van der Waals surface area contributed by atoms with Gasteiger partial charge in [0.15, 0.2) is 0 Å². The maximum atomic E-state index is 11.8. The molecule has 3 atom stereocenters. The average molecular weight is 1350 g/mol. The topological polar surface area (TPSA) is 496 Å². The van der Waals surface area contributed by atoms with Gasteiger partial charge in [0.25, 0.3) is 0 Å². The van der Waals surface area contributed by atoms with Gasteiger partial charge in [-0.2, -0.15) is 37.9 Å². The second kappa shape index (κ2) is 51.6. The first-order valence-electron chi connectivity index (χ1n) is 25.8. The molecule has 0 saturated carbocycles. The largest absolute Gasteiger partial charge is 0.507 e. The number of para-hydroxylation sites is 4. The van der Waals surface area contributed by atoms with Crippen LogP contribution in [0.25, 0.3) is 0 Å². The van der Waals surface area contributed by atoms with Crippen molar-refractivity contribution in [2.45, 2.75) is 99.1 Å². The van der Waals surface area contributed by atoms with Gasteiger partial charge in [-0.1, -0.05) is 56.0 Å². The number of benzene rings is 4. The van der Waals surface area contributed by atoms with E-state index in [0.29, 0.717) is 0 Å². The Kier molecular flexibility index (Phi) is 52.6. The number of phenols is 2. The monoisotopic (exact) mass is 1350 g/mol. The fourth-order valence-electron chi connectivity index (χ4n) is 5.07. The van der Waals surface area contributed by atoms with E-state index in [-0.39, 0.29) is 99.2 Å². The van der Waals surface area contributed by atoms with Crippen LogP contribution in [0.4, 0.5) is 9.59 Å². The van der Waals surface area contributed by atoms with Crippen LogP contribution in [0.1, 0.15) is 111 Å². The number of esters is 2. The molecule has 33 heteroatoms. The number of rotatable bonds is 15. The molecule has 0 radical (unpaired) electrons. The van der Waals surface area contributed by atoms with E-state index in [2.05, 4.69) is 75.9 Å². The summed E-state index contributed by atoms with van der Waals surface area (Å²) in [5.41, 5.74) is 7.83. The molecule has 0 saturated heterocycles. The minimum absolute atomic E-state index is 0. The number of nitrogens with two attached hydrogens (primary N) is 2. The summed E-state index contributed by atoms with van der Waals surface area (Å²) in [4.78, 5) is 129. The van der Waals surface area contributed by atoms with Crippen molar-refractivity contribution in [3.63, 3.8) is 0 Å². The second-order valence-electron chi connectivity index (χ2n) is 18.2. The number of ether oxygens (including phenoxy) is 4. The number of carbonyl (C=O) groups is 12. The van der Waals surface area contributed by atoms with Gasteiger partial charge in [-0.25, -0.2) is 43.2 Å². The minimum atomic E-state index is -1.20. The molecule has 3 unspecified atom stereocenters. The van der Waals surface area contributed by atoms with Gasteiger partial charge in [-0.15, -0.1) is 0 Å². The summed E-state index contributed by atoms with van der Waals surface area (Å²) in [6, 6.07) is 20.4. The zero-order valence-electron chi connectivity index (χ0n) is 51.7. The Morgan fingerprint density at radius 2 is 0.659 bits per heavy atom. The Balaban J connectivity index is -0.000000234. The number of carboxylic acids is 5. The van der Waals surface area contributed by atoms with E-state index in [1.165, 1.54) is 110 Å². The van der Waals surface area contributed by atoms with Crippen molar-refractivity contribution in [3.05, 3.63) is 119 Å². The van der Waals surface area contributed by atoms with Gasteiger partial charge in [-0.05, 0) is 104 Å². The molecule has 4 aromatic rings. The summed E-state index contributed by atoms with van der Waals surface area (Å²) >= 11 is 11.6. The third kappa shape index (κ3) is 47.4. The van der Waals surface area contributed by atoms with Crippen LogP contribution in [0.5, 0.6) is 23.0 Å². The first-order valence-corrected chi connectivity index (χ1v) is 27.7. The van der Waals surface area contributed by atoms with Crippen LogP contribution in [0, 0.1) is 0 Å².